The van der Waals surface area contributed by atoms with Gasteiger partial charge in [0.2, 0.25) is 0 Å². The largest absolute Gasteiger partial charge is 0.573 e. The van der Waals surface area contributed by atoms with E-state index < -0.39 is 11.3 Å². The van der Waals surface area contributed by atoms with Gasteiger partial charge in [0, 0.05) is 50.7 Å². The number of thiazole rings is 1. The van der Waals surface area contributed by atoms with Crippen molar-refractivity contribution in [3.05, 3.63) is 94.2 Å². The van der Waals surface area contributed by atoms with Crippen LogP contribution in [0.3, 0.4) is 0 Å². The van der Waals surface area contributed by atoms with E-state index in [1.165, 1.54) is 18.3 Å². The molecular formula is C33H31F3N6O6S. The number of benzene rings is 3. The minimum absolute atomic E-state index is 0.226. The second kappa shape index (κ2) is 13.8. The summed E-state index contributed by atoms with van der Waals surface area (Å²) in [4.78, 5) is 24.0. The average molecular weight is 697 g/mol. The molecule has 1 unspecified atom stereocenters. The standard InChI is InChI=1S/C33H31F3N6O6S/c34-33(35,36)48-25-7-3-23(4-8-25)20-45-24-5-1-22(2-6-24)18-39-13-15-40(16-14-39)32-37-28-10-9-26(17-29(28)49-32)46-21-27-11-12-41-19-30(42(43)44)38-31(41)47-27/h1-10,17,19,27H,11-16,18,20-21H2. The Labute approximate surface area is 282 Å². The smallest absolute Gasteiger partial charge is 0.490 e. The normalized spacial score (nSPS) is 16.6. The summed E-state index contributed by atoms with van der Waals surface area (Å²) in [7, 11) is 0. The zero-order valence-electron chi connectivity index (χ0n) is 26.0. The van der Waals surface area contributed by atoms with Crippen molar-refractivity contribution >= 4 is 32.5 Å². The Hall–Kier alpha value is -5.09. The number of hydrogen-bond donors (Lipinski definition) is 0. The van der Waals surface area contributed by atoms with Crippen LogP contribution in [0.4, 0.5) is 24.1 Å². The van der Waals surface area contributed by atoms with Crippen molar-refractivity contribution in [3.8, 4) is 23.3 Å². The minimum Gasteiger partial charge on any atom is -0.490 e. The third-order valence-electron chi connectivity index (χ3n) is 8.20. The van der Waals surface area contributed by atoms with Gasteiger partial charge in [-0.3, -0.25) is 9.47 Å². The summed E-state index contributed by atoms with van der Waals surface area (Å²) >= 11 is 1.63. The highest BCUT2D eigenvalue weighted by Crippen LogP contribution is 2.33. The molecule has 1 saturated heterocycles. The molecule has 3 aromatic carbocycles. The maximum absolute atomic E-state index is 12.4. The third-order valence-corrected chi connectivity index (χ3v) is 9.28. The van der Waals surface area contributed by atoms with E-state index in [1.807, 2.05) is 42.5 Å². The molecule has 1 fully saturated rings. The molecule has 49 heavy (non-hydrogen) atoms. The number of piperazine rings is 1. The van der Waals surface area contributed by atoms with E-state index in [1.54, 1.807) is 28.0 Å². The Morgan fingerprint density at radius 1 is 0.898 bits per heavy atom. The monoisotopic (exact) mass is 696 g/mol. The maximum Gasteiger partial charge on any atom is 0.573 e. The molecule has 16 heteroatoms. The Balaban J connectivity index is 0.859. The lowest BCUT2D eigenvalue weighted by Gasteiger charge is -2.34. The molecule has 0 amide bonds. The van der Waals surface area contributed by atoms with Crippen molar-refractivity contribution < 1.29 is 37.0 Å². The van der Waals surface area contributed by atoms with Gasteiger partial charge in [-0.05, 0) is 58.5 Å². The lowest BCUT2D eigenvalue weighted by Crippen LogP contribution is -2.45. The van der Waals surface area contributed by atoms with E-state index >= 15 is 0 Å². The number of aromatic nitrogens is 3. The Kier molecular flexibility index (Phi) is 9.14. The fourth-order valence-electron chi connectivity index (χ4n) is 5.64. The van der Waals surface area contributed by atoms with Crippen molar-refractivity contribution in [1.82, 2.24) is 19.4 Å². The number of nitrogens with zero attached hydrogens (tertiary/aromatic N) is 6. The van der Waals surface area contributed by atoms with Gasteiger partial charge >= 0.3 is 18.2 Å². The second-order valence-electron chi connectivity index (χ2n) is 11.7. The molecule has 12 nitrogen and oxygen atoms in total. The van der Waals surface area contributed by atoms with E-state index in [0.29, 0.717) is 31.1 Å². The first kappa shape index (κ1) is 32.5. The van der Waals surface area contributed by atoms with Crippen LogP contribution in [-0.2, 0) is 19.7 Å². The van der Waals surface area contributed by atoms with Crippen LogP contribution in [0.5, 0.6) is 23.3 Å². The van der Waals surface area contributed by atoms with Crippen LogP contribution in [0.1, 0.15) is 17.5 Å². The van der Waals surface area contributed by atoms with Crippen LogP contribution in [0.15, 0.2) is 72.9 Å². The molecular weight excluding hydrogens is 665 g/mol. The third kappa shape index (κ3) is 8.14. The number of anilines is 1. The van der Waals surface area contributed by atoms with Crippen molar-refractivity contribution in [2.24, 2.45) is 0 Å². The summed E-state index contributed by atoms with van der Waals surface area (Å²) in [6, 6.07) is 19.5. The van der Waals surface area contributed by atoms with Gasteiger partial charge in [0.1, 0.15) is 42.8 Å². The van der Waals surface area contributed by atoms with Gasteiger partial charge in [0.15, 0.2) is 5.13 Å². The van der Waals surface area contributed by atoms with Gasteiger partial charge in [-0.25, -0.2) is 4.98 Å². The summed E-state index contributed by atoms with van der Waals surface area (Å²) in [5.41, 5.74) is 2.80. The summed E-state index contributed by atoms with van der Waals surface area (Å²) < 4.78 is 61.3. The molecule has 7 rings (SSSR count). The summed E-state index contributed by atoms with van der Waals surface area (Å²) in [6.45, 7) is 5.39. The first-order valence-corrected chi connectivity index (χ1v) is 16.4. The molecule has 0 radical (unpaired) electrons. The molecule has 0 aliphatic carbocycles. The number of hydrogen-bond acceptors (Lipinski definition) is 11. The first-order valence-electron chi connectivity index (χ1n) is 15.6. The van der Waals surface area contributed by atoms with Crippen molar-refractivity contribution in [2.45, 2.75) is 38.6 Å². The Morgan fingerprint density at radius 2 is 1.61 bits per heavy atom. The van der Waals surface area contributed by atoms with Crippen LogP contribution >= 0.6 is 11.3 Å². The van der Waals surface area contributed by atoms with E-state index in [4.69, 9.17) is 19.2 Å². The molecule has 4 heterocycles. The highest BCUT2D eigenvalue weighted by molar-refractivity contribution is 7.22. The van der Waals surface area contributed by atoms with Gasteiger partial charge in [-0.2, -0.15) is 0 Å². The zero-order chi connectivity index (χ0) is 34.0. The Morgan fingerprint density at radius 3 is 2.35 bits per heavy atom. The lowest BCUT2D eigenvalue weighted by atomic mass is 10.2. The molecule has 5 aromatic rings. The molecule has 0 spiro atoms. The average Bonchev–Trinajstić information content (AvgIpc) is 3.72. The van der Waals surface area contributed by atoms with Crippen LogP contribution in [0, 0.1) is 10.1 Å². The first-order chi connectivity index (χ1) is 23.6. The summed E-state index contributed by atoms with van der Waals surface area (Å²) in [6.07, 6.45) is -2.93. The number of imidazole rings is 1. The van der Waals surface area contributed by atoms with E-state index in [9.17, 15) is 23.3 Å². The number of ether oxygens (including phenoxy) is 4. The Bertz CT molecular complexity index is 1910. The highest BCUT2D eigenvalue weighted by Gasteiger charge is 2.31. The minimum atomic E-state index is -4.72. The van der Waals surface area contributed by atoms with Crippen molar-refractivity contribution in [3.63, 3.8) is 0 Å². The van der Waals surface area contributed by atoms with Crippen molar-refractivity contribution in [2.75, 3.05) is 37.7 Å². The van der Waals surface area contributed by atoms with Crippen LogP contribution in [-0.4, -0.2) is 69.6 Å². The predicted octanol–water partition coefficient (Wildman–Crippen LogP) is 6.43. The lowest BCUT2D eigenvalue weighted by molar-refractivity contribution is -0.389. The van der Waals surface area contributed by atoms with Crippen molar-refractivity contribution in [1.29, 1.82) is 0 Å². The maximum atomic E-state index is 12.4. The van der Waals surface area contributed by atoms with E-state index in [0.717, 1.165) is 59.2 Å². The number of fused-ring (bicyclic) bond motifs is 2. The molecule has 1 atom stereocenters. The molecule has 2 aliphatic rings. The number of nitro groups is 1. The summed E-state index contributed by atoms with van der Waals surface area (Å²) in [5.74, 6) is 0.896. The second-order valence-corrected chi connectivity index (χ2v) is 12.7. The molecule has 2 aliphatic heterocycles. The van der Waals surface area contributed by atoms with Gasteiger partial charge in [-0.1, -0.05) is 35.6 Å². The van der Waals surface area contributed by atoms with Crippen LogP contribution in [0.2, 0.25) is 0 Å². The topological polar surface area (TPSA) is 117 Å². The van der Waals surface area contributed by atoms with Gasteiger partial charge in [0.05, 0.1) is 10.2 Å². The van der Waals surface area contributed by atoms with Gasteiger partial charge < -0.3 is 34.0 Å². The molecule has 2 aromatic heterocycles. The molecule has 256 valence electrons. The predicted molar refractivity (Wildman–Crippen MR) is 174 cm³/mol. The fourth-order valence-corrected chi connectivity index (χ4v) is 6.69. The SMILES string of the molecule is O=[N+]([O-])c1cn2c(n1)OC(COc1ccc3nc(N4CCN(Cc5ccc(OCc6ccc(OC(F)(F)F)cc6)cc5)CC4)sc3c1)CC2. The molecule has 0 bridgehead atoms. The van der Waals surface area contributed by atoms with E-state index in [-0.39, 0.29) is 30.3 Å². The highest BCUT2D eigenvalue weighted by atomic mass is 32.1. The van der Waals surface area contributed by atoms with Crippen LogP contribution < -0.4 is 23.8 Å². The van der Waals surface area contributed by atoms with Gasteiger partial charge in [-0.15, -0.1) is 13.2 Å². The van der Waals surface area contributed by atoms with Gasteiger partial charge in [0.25, 0.3) is 0 Å². The fraction of sp³-hybridized carbons (Fsp3) is 0.333. The zero-order valence-corrected chi connectivity index (χ0v) is 26.9. The number of alkyl halides is 3. The molecule has 0 N–H and O–H groups in total. The number of aryl methyl sites for hydroxylation is 1. The number of rotatable bonds is 11. The molecule has 0 saturated carbocycles. The van der Waals surface area contributed by atoms with E-state index in [2.05, 4.69) is 19.5 Å². The number of halogens is 3. The quantitative estimate of drug-likeness (QED) is 0.113. The summed E-state index contributed by atoms with van der Waals surface area (Å²) in [5, 5.41) is 12.0. The van der Waals surface area contributed by atoms with Crippen LogP contribution in [0.25, 0.3) is 10.2 Å².